The molecule has 30 heavy (non-hydrogen) atoms. The highest BCUT2D eigenvalue weighted by atomic mass is 127. The van der Waals surface area contributed by atoms with Gasteiger partial charge in [0.1, 0.15) is 6.10 Å². The van der Waals surface area contributed by atoms with Crippen LogP contribution in [-0.4, -0.2) is 79.3 Å². The molecule has 3 N–H and O–H groups in total. The van der Waals surface area contributed by atoms with Gasteiger partial charge in [-0.05, 0) is 37.9 Å². The van der Waals surface area contributed by atoms with E-state index in [2.05, 4.69) is 59.4 Å². The number of aliphatic hydroxyl groups is 1. The third kappa shape index (κ3) is 7.05. The Labute approximate surface area is 201 Å². The minimum Gasteiger partial charge on any atom is -0.386 e. The summed E-state index contributed by atoms with van der Waals surface area (Å²) in [5.74, 6) is 0.770. The maximum absolute atomic E-state index is 10.6. The predicted molar refractivity (Wildman–Crippen MR) is 139 cm³/mol. The zero-order chi connectivity index (χ0) is 20.6. The number of thiophene rings is 1. The first-order valence-electron chi connectivity index (χ1n) is 10.8. The van der Waals surface area contributed by atoms with Crippen molar-refractivity contribution in [2.24, 2.45) is 4.99 Å². The Morgan fingerprint density at radius 2 is 1.90 bits per heavy atom. The molecule has 2 aromatic rings. The van der Waals surface area contributed by atoms with Gasteiger partial charge in [0.05, 0.1) is 6.54 Å². The Bertz CT molecular complexity index is 758. The molecule has 168 valence electrons. The molecule has 1 aromatic carbocycles. The third-order valence-electron chi connectivity index (χ3n) is 5.57. The van der Waals surface area contributed by atoms with Crippen LogP contribution < -0.4 is 10.6 Å². The van der Waals surface area contributed by atoms with Gasteiger partial charge in [0, 0.05) is 54.9 Å². The zero-order valence-electron chi connectivity index (χ0n) is 18.3. The van der Waals surface area contributed by atoms with E-state index in [9.17, 15) is 5.11 Å². The minimum absolute atomic E-state index is 0. The summed E-state index contributed by atoms with van der Waals surface area (Å²) >= 11 is 1.65. The fraction of sp³-hybridized carbons (Fsp3) is 0.591. The van der Waals surface area contributed by atoms with Crippen LogP contribution in [0.1, 0.15) is 31.8 Å². The molecule has 8 heteroatoms. The largest absolute Gasteiger partial charge is 0.386 e. The maximum atomic E-state index is 10.6. The number of aliphatic hydroxyl groups excluding tert-OH is 1. The van der Waals surface area contributed by atoms with E-state index in [1.165, 1.54) is 10.1 Å². The number of likely N-dealkylation sites (N-methyl/N-ethyl adjacent to an activating group) is 1. The second kappa shape index (κ2) is 12.8. The topological polar surface area (TPSA) is 63.1 Å². The summed E-state index contributed by atoms with van der Waals surface area (Å²) in [5, 5.41) is 18.4. The summed E-state index contributed by atoms with van der Waals surface area (Å²) in [6.45, 7) is 14.2. The molecule has 3 rings (SSSR count). The van der Waals surface area contributed by atoms with E-state index in [4.69, 9.17) is 4.99 Å². The zero-order valence-corrected chi connectivity index (χ0v) is 21.5. The second-order valence-electron chi connectivity index (χ2n) is 7.62. The molecule has 0 radical (unpaired) electrons. The number of aliphatic imine (C=N–C) groups is 1. The number of nitrogens with zero attached hydrogens (tertiary/aromatic N) is 3. The van der Waals surface area contributed by atoms with Crippen molar-refractivity contribution in [1.82, 2.24) is 20.4 Å². The van der Waals surface area contributed by atoms with Crippen molar-refractivity contribution in [1.29, 1.82) is 0 Å². The Kier molecular flexibility index (Phi) is 10.8. The van der Waals surface area contributed by atoms with Crippen molar-refractivity contribution in [2.75, 3.05) is 52.4 Å². The number of benzene rings is 1. The second-order valence-corrected chi connectivity index (χ2v) is 8.74. The molecule has 0 spiro atoms. The molecule has 0 bridgehead atoms. The lowest BCUT2D eigenvalue weighted by Gasteiger charge is -2.37. The van der Waals surface area contributed by atoms with Crippen molar-refractivity contribution in [3.8, 4) is 0 Å². The fourth-order valence-corrected chi connectivity index (χ4v) is 4.71. The molecule has 1 saturated heterocycles. The molecule has 2 unspecified atom stereocenters. The van der Waals surface area contributed by atoms with Crippen molar-refractivity contribution >= 4 is 51.4 Å². The molecule has 0 amide bonds. The van der Waals surface area contributed by atoms with E-state index in [1.54, 1.807) is 11.3 Å². The first kappa shape index (κ1) is 25.3. The third-order valence-corrected chi connectivity index (χ3v) is 6.79. The van der Waals surface area contributed by atoms with E-state index in [0.29, 0.717) is 12.6 Å². The average molecular weight is 546 g/mol. The molecule has 0 saturated carbocycles. The van der Waals surface area contributed by atoms with Crippen LogP contribution in [0.2, 0.25) is 0 Å². The van der Waals surface area contributed by atoms with E-state index >= 15 is 0 Å². The molecule has 1 aromatic heterocycles. The first-order valence-corrected chi connectivity index (χ1v) is 11.6. The lowest BCUT2D eigenvalue weighted by atomic mass is 10.2. The smallest absolute Gasteiger partial charge is 0.191 e. The minimum atomic E-state index is -0.546. The SMILES string of the molecule is CCNC(=NCC(C)N1CCN(CC)CC1)NCC(O)c1cc2ccccc2s1.I. The number of hydrogen-bond acceptors (Lipinski definition) is 5. The summed E-state index contributed by atoms with van der Waals surface area (Å²) in [5.41, 5.74) is 0. The highest BCUT2D eigenvalue weighted by molar-refractivity contribution is 14.0. The van der Waals surface area contributed by atoms with Crippen molar-refractivity contribution in [2.45, 2.75) is 32.9 Å². The lowest BCUT2D eigenvalue weighted by Crippen LogP contribution is -2.50. The number of hydrogen-bond donors (Lipinski definition) is 3. The van der Waals surface area contributed by atoms with Crippen LogP contribution in [0.5, 0.6) is 0 Å². The molecule has 0 aliphatic carbocycles. The number of fused-ring (bicyclic) bond motifs is 1. The Hall–Kier alpha value is -0.940. The van der Waals surface area contributed by atoms with Crippen LogP contribution in [0.25, 0.3) is 10.1 Å². The Morgan fingerprint density at radius 3 is 2.57 bits per heavy atom. The van der Waals surface area contributed by atoms with Crippen LogP contribution in [0.3, 0.4) is 0 Å². The first-order chi connectivity index (χ1) is 14.1. The Morgan fingerprint density at radius 1 is 1.17 bits per heavy atom. The highest BCUT2D eigenvalue weighted by Gasteiger charge is 2.20. The molecule has 6 nitrogen and oxygen atoms in total. The number of piperazine rings is 1. The van der Waals surface area contributed by atoms with Gasteiger partial charge in [-0.15, -0.1) is 35.3 Å². The van der Waals surface area contributed by atoms with Crippen molar-refractivity contribution in [3.63, 3.8) is 0 Å². The highest BCUT2D eigenvalue weighted by Crippen LogP contribution is 2.29. The predicted octanol–water partition coefficient (Wildman–Crippen LogP) is 3.13. The number of guanidine groups is 1. The number of rotatable bonds is 8. The van der Waals surface area contributed by atoms with Gasteiger partial charge in [0.2, 0.25) is 0 Å². The standard InChI is InChI=1S/C22H35N5OS.HI/c1-4-23-22(24-15-17(3)27-12-10-26(5-2)11-13-27)25-16-19(28)21-14-18-8-6-7-9-20(18)29-21;/h6-9,14,17,19,28H,4-5,10-13,15-16H2,1-3H3,(H2,23,24,25);1H. The van der Waals surface area contributed by atoms with Gasteiger partial charge in [0.15, 0.2) is 5.96 Å². The molecular weight excluding hydrogens is 509 g/mol. The van der Waals surface area contributed by atoms with Crippen molar-refractivity contribution in [3.05, 3.63) is 35.2 Å². The van der Waals surface area contributed by atoms with E-state index in [-0.39, 0.29) is 24.0 Å². The summed E-state index contributed by atoms with van der Waals surface area (Å²) in [7, 11) is 0. The van der Waals surface area contributed by atoms with Crippen LogP contribution in [-0.2, 0) is 0 Å². The van der Waals surface area contributed by atoms with E-state index in [1.807, 2.05) is 12.1 Å². The summed E-state index contributed by atoms with van der Waals surface area (Å²) in [6.07, 6.45) is -0.546. The van der Waals surface area contributed by atoms with Gasteiger partial charge < -0.3 is 20.6 Å². The molecule has 1 aliphatic rings. The van der Waals surface area contributed by atoms with Crippen LogP contribution >= 0.6 is 35.3 Å². The van der Waals surface area contributed by atoms with Gasteiger partial charge in [-0.25, -0.2) is 0 Å². The fourth-order valence-electron chi connectivity index (χ4n) is 3.66. The van der Waals surface area contributed by atoms with Crippen LogP contribution in [0, 0.1) is 0 Å². The maximum Gasteiger partial charge on any atom is 0.191 e. The quantitative estimate of drug-likeness (QED) is 0.271. The van der Waals surface area contributed by atoms with Crippen LogP contribution in [0.4, 0.5) is 0 Å². The van der Waals surface area contributed by atoms with Gasteiger partial charge in [0.25, 0.3) is 0 Å². The monoisotopic (exact) mass is 545 g/mol. The molecule has 2 heterocycles. The van der Waals surface area contributed by atoms with Gasteiger partial charge in [-0.3, -0.25) is 9.89 Å². The van der Waals surface area contributed by atoms with Crippen molar-refractivity contribution < 1.29 is 5.11 Å². The van der Waals surface area contributed by atoms with E-state index < -0.39 is 6.10 Å². The normalized spacial score (nSPS) is 18.1. The summed E-state index contributed by atoms with van der Waals surface area (Å²) in [4.78, 5) is 10.8. The summed E-state index contributed by atoms with van der Waals surface area (Å²) < 4.78 is 1.21. The van der Waals surface area contributed by atoms with E-state index in [0.717, 1.165) is 56.6 Å². The number of nitrogens with one attached hydrogen (secondary N) is 2. The molecule has 2 atom stereocenters. The number of halogens is 1. The van der Waals surface area contributed by atoms with Crippen LogP contribution in [0.15, 0.2) is 35.3 Å². The Balaban J connectivity index is 0.00000320. The van der Waals surface area contributed by atoms with Gasteiger partial charge >= 0.3 is 0 Å². The van der Waals surface area contributed by atoms with Gasteiger partial charge in [-0.2, -0.15) is 0 Å². The van der Waals surface area contributed by atoms with Gasteiger partial charge in [-0.1, -0.05) is 25.1 Å². The lowest BCUT2D eigenvalue weighted by molar-refractivity contribution is 0.109. The molecular formula is C22H36IN5OS. The summed E-state index contributed by atoms with van der Waals surface area (Å²) in [6, 6.07) is 10.7. The molecule has 1 aliphatic heterocycles. The average Bonchev–Trinajstić information content (AvgIpc) is 3.19. The molecule has 1 fully saturated rings.